The van der Waals surface area contributed by atoms with Gasteiger partial charge in [0.05, 0.1) is 11.7 Å². The summed E-state index contributed by atoms with van der Waals surface area (Å²) >= 11 is 0. The number of aromatic amines is 1. The summed E-state index contributed by atoms with van der Waals surface area (Å²) in [5.74, 6) is 0.510. The molecule has 1 aliphatic carbocycles. The van der Waals surface area contributed by atoms with Crippen LogP contribution in [0.25, 0.3) is 22.3 Å². The summed E-state index contributed by atoms with van der Waals surface area (Å²) in [7, 11) is 1.76. The lowest BCUT2D eigenvalue weighted by Crippen LogP contribution is -2.36. The van der Waals surface area contributed by atoms with Crippen LogP contribution in [0.5, 0.6) is 0 Å². The lowest BCUT2D eigenvalue weighted by molar-refractivity contribution is 0.0287. The van der Waals surface area contributed by atoms with E-state index in [4.69, 9.17) is 0 Å². The molecule has 1 unspecified atom stereocenters. The van der Waals surface area contributed by atoms with Crippen LogP contribution in [0.4, 0.5) is 24.8 Å². The standard InChI is InChI=1S/C22H20F3N7O/c1-32-22(27-16-9-8-15-14(10-26-30-15)17(16)11-2-3-11)29-20(31-32)12-4-6-13(7-5-12)21(33)28-19(25)18(23)24/h4-11,18-19H,2-3H2,1H3,(H,26,30)(H,28,33)(H,27,29,31). The van der Waals surface area contributed by atoms with E-state index in [1.165, 1.54) is 17.7 Å². The maximum Gasteiger partial charge on any atom is 0.287 e. The first-order valence-corrected chi connectivity index (χ1v) is 10.4. The number of rotatable bonds is 7. The zero-order chi connectivity index (χ0) is 23.1. The molecule has 1 saturated carbocycles. The molecular formula is C22H20F3N7O. The van der Waals surface area contributed by atoms with Crippen molar-refractivity contribution in [3.05, 3.63) is 53.7 Å². The minimum absolute atomic E-state index is 0.0545. The molecule has 0 bridgehead atoms. The van der Waals surface area contributed by atoms with E-state index in [2.05, 4.69) is 25.6 Å². The lowest BCUT2D eigenvalue weighted by Gasteiger charge is -2.11. The maximum absolute atomic E-state index is 13.1. The van der Waals surface area contributed by atoms with E-state index in [-0.39, 0.29) is 5.56 Å². The average Bonchev–Trinajstić information content (AvgIpc) is 3.41. The van der Waals surface area contributed by atoms with Crippen LogP contribution in [-0.2, 0) is 7.05 Å². The number of amides is 1. The quantitative estimate of drug-likeness (QED) is 0.362. The fraction of sp³-hybridized carbons (Fsp3) is 0.273. The smallest absolute Gasteiger partial charge is 0.287 e. The van der Waals surface area contributed by atoms with E-state index in [1.54, 1.807) is 29.2 Å². The highest BCUT2D eigenvalue weighted by atomic mass is 19.3. The van der Waals surface area contributed by atoms with Crippen LogP contribution < -0.4 is 10.6 Å². The molecule has 0 spiro atoms. The molecular weight excluding hydrogens is 435 g/mol. The van der Waals surface area contributed by atoms with Crippen molar-refractivity contribution in [2.45, 2.75) is 31.5 Å². The number of hydrogen-bond acceptors (Lipinski definition) is 5. The molecule has 0 radical (unpaired) electrons. The van der Waals surface area contributed by atoms with Gasteiger partial charge in [0.1, 0.15) is 0 Å². The molecule has 1 amide bonds. The molecule has 33 heavy (non-hydrogen) atoms. The Morgan fingerprint density at radius 3 is 2.61 bits per heavy atom. The summed E-state index contributed by atoms with van der Waals surface area (Å²) in [6.45, 7) is 0. The molecule has 4 aromatic rings. The SMILES string of the molecule is Cn1nc(-c2ccc(C(=O)NC(F)C(F)F)cc2)nc1Nc1ccc2[nH]ncc2c1C1CC1. The van der Waals surface area contributed by atoms with Gasteiger partial charge in [-0.3, -0.25) is 9.89 Å². The van der Waals surface area contributed by atoms with Crippen molar-refractivity contribution in [3.63, 3.8) is 0 Å². The van der Waals surface area contributed by atoms with Crippen molar-refractivity contribution in [2.75, 3.05) is 5.32 Å². The van der Waals surface area contributed by atoms with Crippen molar-refractivity contribution in [2.24, 2.45) is 7.05 Å². The Morgan fingerprint density at radius 1 is 1.15 bits per heavy atom. The van der Waals surface area contributed by atoms with Gasteiger partial charge in [-0.15, -0.1) is 5.10 Å². The Morgan fingerprint density at radius 2 is 1.91 bits per heavy atom. The highest BCUT2D eigenvalue weighted by Crippen LogP contribution is 2.47. The molecule has 1 fully saturated rings. The van der Waals surface area contributed by atoms with Gasteiger partial charge in [-0.05, 0) is 48.6 Å². The monoisotopic (exact) mass is 455 g/mol. The van der Waals surface area contributed by atoms with Crippen molar-refractivity contribution >= 4 is 28.4 Å². The van der Waals surface area contributed by atoms with E-state index in [0.29, 0.717) is 23.3 Å². The van der Waals surface area contributed by atoms with Crippen LogP contribution in [0.2, 0.25) is 0 Å². The highest BCUT2D eigenvalue weighted by molar-refractivity contribution is 5.94. The van der Waals surface area contributed by atoms with Gasteiger partial charge in [-0.1, -0.05) is 12.1 Å². The summed E-state index contributed by atoms with van der Waals surface area (Å²) in [6.07, 6.45) is -1.91. The second kappa shape index (κ2) is 8.23. The molecule has 8 nitrogen and oxygen atoms in total. The van der Waals surface area contributed by atoms with Gasteiger partial charge >= 0.3 is 0 Å². The van der Waals surface area contributed by atoms with Gasteiger partial charge in [0.2, 0.25) is 12.2 Å². The Labute approximate surface area is 186 Å². The van der Waals surface area contributed by atoms with E-state index in [1.807, 2.05) is 18.3 Å². The van der Waals surface area contributed by atoms with Crippen molar-refractivity contribution < 1.29 is 18.0 Å². The number of aromatic nitrogens is 5. The third-order valence-electron chi connectivity index (χ3n) is 5.56. The topological polar surface area (TPSA) is 101 Å². The van der Waals surface area contributed by atoms with Crippen molar-refractivity contribution in [1.82, 2.24) is 30.3 Å². The van der Waals surface area contributed by atoms with Gasteiger partial charge in [0, 0.05) is 29.2 Å². The van der Waals surface area contributed by atoms with Gasteiger partial charge in [0.15, 0.2) is 5.82 Å². The molecule has 3 N–H and O–H groups in total. The Balaban J connectivity index is 1.37. The fourth-order valence-corrected chi connectivity index (χ4v) is 3.74. The summed E-state index contributed by atoms with van der Waals surface area (Å²) in [5, 5.41) is 17.7. The predicted octanol–water partition coefficient (Wildman–Crippen LogP) is 4.27. The molecule has 0 aliphatic heterocycles. The number of nitrogens with one attached hydrogen (secondary N) is 3. The first kappa shape index (κ1) is 21.0. The van der Waals surface area contributed by atoms with Crippen LogP contribution in [0.1, 0.15) is 34.7 Å². The second-order valence-corrected chi connectivity index (χ2v) is 7.93. The molecule has 2 heterocycles. The Hall–Kier alpha value is -3.89. The van der Waals surface area contributed by atoms with Crippen LogP contribution in [0, 0.1) is 0 Å². The normalized spacial score (nSPS) is 14.6. The molecule has 11 heteroatoms. The number of aryl methyl sites for hydroxylation is 1. The van der Waals surface area contributed by atoms with Crippen LogP contribution in [0.3, 0.4) is 0 Å². The Kier molecular flexibility index (Phi) is 5.23. The molecule has 1 aliphatic rings. The van der Waals surface area contributed by atoms with E-state index >= 15 is 0 Å². The van der Waals surface area contributed by atoms with Gasteiger partial charge < -0.3 is 10.6 Å². The summed E-state index contributed by atoms with van der Waals surface area (Å²) in [4.78, 5) is 16.5. The van der Waals surface area contributed by atoms with Gasteiger partial charge in [-0.25, -0.2) is 17.9 Å². The zero-order valence-corrected chi connectivity index (χ0v) is 17.5. The number of nitrogens with zero attached hydrogens (tertiary/aromatic N) is 4. The molecule has 170 valence electrons. The third-order valence-corrected chi connectivity index (χ3v) is 5.56. The number of carbonyl (C=O) groups excluding carboxylic acids is 1. The number of benzene rings is 2. The van der Waals surface area contributed by atoms with Gasteiger partial charge in [-0.2, -0.15) is 10.1 Å². The van der Waals surface area contributed by atoms with Crippen LogP contribution in [0.15, 0.2) is 42.6 Å². The number of alkyl halides is 3. The van der Waals surface area contributed by atoms with Crippen molar-refractivity contribution in [3.8, 4) is 11.4 Å². The molecule has 2 aromatic heterocycles. The molecule has 5 rings (SSSR count). The van der Waals surface area contributed by atoms with E-state index in [9.17, 15) is 18.0 Å². The number of fused-ring (bicyclic) bond motifs is 1. The number of halogens is 3. The predicted molar refractivity (Wildman–Crippen MR) is 116 cm³/mol. The minimum Gasteiger partial charge on any atom is -0.324 e. The second-order valence-electron chi connectivity index (χ2n) is 7.93. The maximum atomic E-state index is 13.1. The first-order chi connectivity index (χ1) is 15.9. The number of anilines is 2. The highest BCUT2D eigenvalue weighted by Gasteiger charge is 2.29. The van der Waals surface area contributed by atoms with Gasteiger partial charge in [0.25, 0.3) is 12.3 Å². The van der Waals surface area contributed by atoms with E-state index < -0.39 is 18.6 Å². The Bertz CT molecular complexity index is 1310. The average molecular weight is 455 g/mol. The molecule has 0 saturated heterocycles. The zero-order valence-electron chi connectivity index (χ0n) is 17.5. The van der Waals surface area contributed by atoms with E-state index in [0.717, 1.165) is 29.4 Å². The third kappa shape index (κ3) is 4.13. The largest absolute Gasteiger partial charge is 0.324 e. The summed E-state index contributed by atoms with van der Waals surface area (Å²) in [5.41, 5.74) is 3.81. The number of hydrogen-bond donors (Lipinski definition) is 3. The number of H-pyrrole nitrogens is 1. The molecule has 2 aromatic carbocycles. The summed E-state index contributed by atoms with van der Waals surface area (Å²) in [6, 6.07) is 9.93. The summed E-state index contributed by atoms with van der Waals surface area (Å²) < 4.78 is 39.3. The minimum atomic E-state index is -3.29. The first-order valence-electron chi connectivity index (χ1n) is 10.4. The number of carbonyl (C=O) groups is 1. The van der Waals surface area contributed by atoms with Crippen molar-refractivity contribution in [1.29, 1.82) is 0 Å². The van der Waals surface area contributed by atoms with Crippen LogP contribution in [-0.4, -0.2) is 43.6 Å². The molecule has 1 atom stereocenters. The van der Waals surface area contributed by atoms with Crippen LogP contribution >= 0.6 is 0 Å². The lowest BCUT2D eigenvalue weighted by atomic mass is 10.0. The fourth-order valence-electron chi connectivity index (χ4n) is 3.74.